The van der Waals surface area contributed by atoms with Gasteiger partial charge in [0.25, 0.3) is 0 Å². The molecule has 3 aromatic rings. The second kappa shape index (κ2) is 8.67. The highest BCUT2D eigenvalue weighted by Crippen LogP contribution is 2.27. The number of likely N-dealkylation sites (tertiary alicyclic amines) is 1. The number of rotatable bonds is 5. The van der Waals surface area contributed by atoms with Gasteiger partial charge in [-0.1, -0.05) is 54.1 Å². The molecule has 2 heterocycles. The van der Waals surface area contributed by atoms with Gasteiger partial charge in [0.2, 0.25) is 11.8 Å². The zero-order valence-corrected chi connectivity index (χ0v) is 17.3. The Morgan fingerprint density at radius 1 is 1.13 bits per heavy atom. The Morgan fingerprint density at radius 2 is 1.87 bits per heavy atom. The monoisotopic (exact) mass is 423 g/mol. The van der Waals surface area contributed by atoms with Gasteiger partial charge in [0.15, 0.2) is 5.82 Å². The van der Waals surface area contributed by atoms with E-state index in [9.17, 15) is 9.59 Å². The maximum Gasteiger partial charge on any atom is 0.227 e. The Labute approximate surface area is 179 Å². The van der Waals surface area contributed by atoms with Crippen molar-refractivity contribution in [2.75, 3.05) is 13.1 Å². The largest absolute Gasteiger partial charge is 0.351 e. The Bertz CT molecular complexity index is 1040. The maximum atomic E-state index is 12.9. The second-order valence-corrected chi connectivity index (χ2v) is 7.86. The Morgan fingerprint density at radius 3 is 2.57 bits per heavy atom. The number of carbonyl (C=O) groups is 2. The number of aromatic amines is 1. The normalized spacial score (nSPS) is 18.4. The summed E-state index contributed by atoms with van der Waals surface area (Å²) in [4.78, 5) is 31.0. The van der Waals surface area contributed by atoms with Crippen molar-refractivity contribution in [1.82, 2.24) is 25.4 Å². The van der Waals surface area contributed by atoms with Crippen molar-refractivity contribution in [3.63, 3.8) is 0 Å². The molecule has 2 atom stereocenters. The summed E-state index contributed by atoms with van der Waals surface area (Å²) in [5, 5.41) is 10.9. The molecule has 0 aliphatic carbocycles. The first-order valence-electron chi connectivity index (χ1n) is 9.76. The molecule has 1 saturated heterocycles. The van der Waals surface area contributed by atoms with E-state index < -0.39 is 0 Å². The maximum absolute atomic E-state index is 12.9. The fraction of sp³-hybridized carbons (Fsp3) is 0.273. The first-order chi connectivity index (χ1) is 14.5. The van der Waals surface area contributed by atoms with E-state index in [1.807, 2.05) is 42.5 Å². The summed E-state index contributed by atoms with van der Waals surface area (Å²) in [7, 11) is 0. The number of aromatic nitrogens is 3. The molecule has 2 aromatic carbocycles. The van der Waals surface area contributed by atoms with Crippen LogP contribution in [0.3, 0.4) is 0 Å². The highest BCUT2D eigenvalue weighted by atomic mass is 35.5. The number of carbonyl (C=O) groups excluding carboxylic acids is 2. The van der Waals surface area contributed by atoms with Gasteiger partial charge in [0.05, 0.1) is 18.4 Å². The van der Waals surface area contributed by atoms with E-state index in [0.29, 0.717) is 29.8 Å². The van der Waals surface area contributed by atoms with Crippen LogP contribution in [0.4, 0.5) is 0 Å². The van der Waals surface area contributed by atoms with Crippen molar-refractivity contribution in [3.05, 3.63) is 71.0 Å². The van der Waals surface area contributed by atoms with Crippen LogP contribution < -0.4 is 5.32 Å². The molecule has 1 aliphatic heterocycles. The van der Waals surface area contributed by atoms with Crippen molar-refractivity contribution in [1.29, 1.82) is 0 Å². The van der Waals surface area contributed by atoms with E-state index in [-0.39, 0.29) is 30.2 Å². The number of benzene rings is 2. The zero-order chi connectivity index (χ0) is 21.1. The second-order valence-electron chi connectivity index (χ2n) is 7.43. The minimum atomic E-state index is -0.228. The molecule has 30 heavy (non-hydrogen) atoms. The van der Waals surface area contributed by atoms with E-state index in [1.165, 1.54) is 6.92 Å². The molecule has 0 radical (unpaired) electrons. The number of nitrogens with one attached hydrogen (secondary N) is 2. The van der Waals surface area contributed by atoms with Gasteiger partial charge in [-0.05, 0) is 17.7 Å². The molecule has 0 unspecified atom stereocenters. The van der Waals surface area contributed by atoms with Crippen LogP contribution in [-0.2, 0) is 16.0 Å². The average Bonchev–Trinajstić information content (AvgIpc) is 3.37. The molecule has 1 fully saturated rings. The van der Waals surface area contributed by atoms with Crippen LogP contribution in [0.1, 0.15) is 24.2 Å². The van der Waals surface area contributed by atoms with E-state index in [4.69, 9.17) is 11.6 Å². The summed E-state index contributed by atoms with van der Waals surface area (Å²) in [5.74, 6) is 0.957. The van der Waals surface area contributed by atoms with Gasteiger partial charge in [0, 0.05) is 30.6 Å². The van der Waals surface area contributed by atoms with Crippen LogP contribution in [0.2, 0.25) is 5.02 Å². The molecule has 1 aromatic heterocycles. The lowest BCUT2D eigenvalue weighted by Crippen LogP contribution is -2.39. The van der Waals surface area contributed by atoms with E-state index in [2.05, 4.69) is 20.5 Å². The molecule has 0 saturated carbocycles. The lowest BCUT2D eigenvalue weighted by Gasteiger charge is -2.17. The van der Waals surface area contributed by atoms with Gasteiger partial charge >= 0.3 is 0 Å². The van der Waals surface area contributed by atoms with Gasteiger partial charge in [0.1, 0.15) is 5.82 Å². The van der Waals surface area contributed by atoms with Crippen molar-refractivity contribution < 1.29 is 9.59 Å². The SMILES string of the molecule is CC(=O)N[C@@H]1CN(C(=O)Cc2ccc(Cl)cc2)C[C@H]1c1nc(-c2ccccc2)n[nH]1. The summed E-state index contributed by atoms with van der Waals surface area (Å²) in [5.41, 5.74) is 1.81. The van der Waals surface area contributed by atoms with Crippen molar-refractivity contribution in [2.24, 2.45) is 0 Å². The quantitative estimate of drug-likeness (QED) is 0.660. The number of halogens is 1. The van der Waals surface area contributed by atoms with Crippen LogP contribution in [0.5, 0.6) is 0 Å². The average molecular weight is 424 g/mol. The molecule has 2 N–H and O–H groups in total. The van der Waals surface area contributed by atoms with E-state index in [1.54, 1.807) is 17.0 Å². The molecule has 2 amide bonds. The minimum Gasteiger partial charge on any atom is -0.351 e. The fourth-order valence-corrected chi connectivity index (χ4v) is 3.86. The topological polar surface area (TPSA) is 91.0 Å². The molecule has 0 bridgehead atoms. The molecule has 4 rings (SSSR count). The third-order valence-corrected chi connectivity index (χ3v) is 5.47. The summed E-state index contributed by atoms with van der Waals surface area (Å²) < 4.78 is 0. The Balaban J connectivity index is 1.51. The molecular formula is C22H22ClN5O2. The smallest absolute Gasteiger partial charge is 0.227 e. The number of H-pyrrole nitrogens is 1. The van der Waals surface area contributed by atoms with Crippen LogP contribution in [0.25, 0.3) is 11.4 Å². The first-order valence-corrected chi connectivity index (χ1v) is 10.1. The van der Waals surface area contributed by atoms with Gasteiger partial charge in [-0.3, -0.25) is 14.7 Å². The number of amides is 2. The first kappa shape index (κ1) is 20.1. The fourth-order valence-electron chi connectivity index (χ4n) is 3.74. The molecule has 8 heteroatoms. The predicted octanol–water partition coefficient (Wildman–Crippen LogP) is 2.80. The Hall–Kier alpha value is -3.19. The number of nitrogens with zero attached hydrogens (tertiary/aromatic N) is 3. The van der Waals surface area contributed by atoms with Crippen LogP contribution in [-0.4, -0.2) is 51.0 Å². The van der Waals surface area contributed by atoms with Crippen molar-refractivity contribution in [2.45, 2.75) is 25.3 Å². The highest BCUT2D eigenvalue weighted by Gasteiger charge is 2.38. The van der Waals surface area contributed by atoms with E-state index in [0.717, 1.165) is 11.1 Å². The lowest BCUT2D eigenvalue weighted by molar-refractivity contribution is -0.129. The molecule has 7 nitrogen and oxygen atoms in total. The number of hydrogen-bond acceptors (Lipinski definition) is 4. The third-order valence-electron chi connectivity index (χ3n) is 5.22. The van der Waals surface area contributed by atoms with E-state index >= 15 is 0 Å². The minimum absolute atomic E-state index is 0.00188. The molecule has 1 aliphatic rings. The summed E-state index contributed by atoms with van der Waals surface area (Å²) in [6, 6.07) is 16.7. The zero-order valence-electron chi connectivity index (χ0n) is 16.5. The van der Waals surface area contributed by atoms with Gasteiger partial charge in [-0.15, -0.1) is 0 Å². The standard InChI is InChI=1S/C22H22ClN5O2/c1-14(29)24-19-13-28(20(30)11-15-7-9-17(23)10-8-15)12-18(19)22-25-21(26-27-22)16-5-3-2-4-6-16/h2-10,18-19H,11-13H2,1H3,(H,24,29)(H,25,26,27)/t18-,19-/m1/s1. The van der Waals surface area contributed by atoms with Gasteiger partial charge in [-0.2, -0.15) is 5.10 Å². The highest BCUT2D eigenvalue weighted by molar-refractivity contribution is 6.30. The Kier molecular flexibility index (Phi) is 5.81. The molecule has 0 spiro atoms. The number of hydrogen-bond donors (Lipinski definition) is 2. The summed E-state index contributed by atoms with van der Waals surface area (Å²) in [6.07, 6.45) is 0.280. The van der Waals surface area contributed by atoms with Gasteiger partial charge < -0.3 is 10.2 Å². The summed E-state index contributed by atoms with van der Waals surface area (Å²) >= 11 is 5.92. The van der Waals surface area contributed by atoms with Crippen LogP contribution in [0, 0.1) is 0 Å². The molecule has 154 valence electrons. The van der Waals surface area contributed by atoms with Crippen LogP contribution in [0.15, 0.2) is 54.6 Å². The van der Waals surface area contributed by atoms with Crippen LogP contribution >= 0.6 is 11.6 Å². The third kappa shape index (κ3) is 4.52. The summed E-state index contributed by atoms with van der Waals surface area (Å²) in [6.45, 7) is 2.36. The van der Waals surface area contributed by atoms with Crippen molar-refractivity contribution in [3.8, 4) is 11.4 Å². The van der Waals surface area contributed by atoms with Crippen molar-refractivity contribution >= 4 is 23.4 Å². The lowest BCUT2D eigenvalue weighted by atomic mass is 10.0. The predicted molar refractivity (Wildman–Crippen MR) is 114 cm³/mol. The molecular weight excluding hydrogens is 402 g/mol. The van der Waals surface area contributed by atoms with Gasteiger partial charge in [-0.25, -0.2) is 4.98 Å².